The van der Waals surface area contributed by atoms with Gasteiger partial charge in [-0.25, -0.2) is 4.98 Å². The lowest BCUT2D eigenvalue weighted by Crippen LogP contribution is -1.96. The second-order valence-electron chi connectivity index (χ2n) is 2.65. The van der Waals surface area contributed by atoms with E-state index in [9.17, 15) is 4.79 Å². The van der Waals surface area contributed by atoms with Crippen LogP contribution in [0, 0.1) is 0 Å². The lowest BCUT2D eigenvalue weighted by Gasteiger charge is -1.97. The zero-order chi connectivity index (χ0) is 8.97. The van der Waals surface area contributed by atoms with Crippen LogP contribution in [0.25, 0.3) is 0 Å². The van der Waals surface area contributed by atoms with E-state index in [2.05, 4.69) is 4.98 Å². The summed E-state index contributed by atoms with van der Waals surface area (Å²) in [5.41, 5.74) is 0.873. The quantitative estimate of drug-likeness (QED) is 0.673. The van der Waals surface area contributed by atoms with Crippen LogP contribution in [0.3, 0.4) is 0 Å². The Balaban J connectivity index is 2.57. The van der Waals surface area contributed by atoms with Crippen LogP contribution < -0.4 is 0 Å². The van der Waals surface area contributed by atoms with Gasteiger partial charge in [0.1, 0.15) is 10.9 Å². The average molecular weight is 184 g/mol. The number of pyridine rings is 1. The largest absolute Gasteiger partial charge is 0.300 e. The lowest BCUT2D eigenvalue weighted by atomic mass is 10.2. The second-order valence-corrected chi connectivity index (χ2v) is 3.04. The Hall–Kier alpha value is -0.890. The van der Waals surface area contributed by atoms with Gasteiger partial charge in [-0.2, -0.15) is 0 Å². The van der Waals surface area contributed by atoms with Crippen LogP contribution in [0.4, 0.5) is 0 Å². The second kappa shape index (κ2) is 4.21. The van der Waals surface area contributed by atoms with Crippen molar-refractivity contribution in [3.63, 3.8) is 0 Å². The van der Waals surface area contributed by atoms with E-state index in [1.807, 2.05) is 12.1 Å². The Morgan fingerprint density at radius 3 is 2.92 bits per heavy atom. The summed E-state index contributed by atoms with van der Waals surface area (Å²) in [7, 11) is 0. The Morgan fingerprint density at radius 2 is 2.33 bits per heavy atom. The van der Waals surface area contributed by atoms with Gasteiger partial charge in [-0.05, 0) is 25.5 Å². The zero-order valence-electron chi connectivity index (χ0n) is 6.88. The zero-order valence-corrected chi connectivity index (χ0v) is 7.64. The third kappa shape index (κ3) is 3.01. The average Bonchev–Trinajstić information content (AvgIpc) is 2.01. The molecule has 0 N–H and O–H groups in total. The molecule has 0 fully saturated rings. The highest BCUT2D eigenvalue weighted by Crippen LogP contribution is 2.06. The molecule has 64 valence electrons. The van der Waals surface area contributed by atoms with E-state index in [1.165, 1.54) is 0 Å². The Kier molecular flexibility index (Phi) is 3.23. The fourth-order valence-corrected chi connectivity index (χ4v) is 1.07. The van der Waals surface area contributed by atoms with Crippen LogP contribution >= 0.6 is 11.6 Å². The van der Waals surface area contributed by atoms with Crippen molar-refractivity contribution in [2.75, 3.05) is 0 Å². The van der Waals surface area contributed by atoms with Gasteiger partial charge < -0.3 is 4.79 Å². The highest BCUT2D eigenvalue weighted by molar-refractivity contribution is 6.29. The number of aromatic nitrogens is 1. The first kappa shape index (κ1) is 9.20. The van der Waals surface area contributed by atoms with Gasteiger partial charge in [-0.1, -0.05) is 17.7 Å². The van der Waals surface area contributed by atoms with E-state index in [-0.39, 0.29) is 5.78 Å². The van der Waals surface area contributed by atoms with Gasteiger partial charge in [0, 0.05) is 12.1 Å². The van der Waals surface area contributed by atoms with E-state index in [0.29, 0.717) is 18.0 Å². The summed E-state index contributed by atoms with van der Waals surface area (Å²) in [6, 6.07) is 5.43. The molecule has 0 saturated heterocycles. The first-order valence-electron chi connectivity index (χ1n) is 3.79. The lowest BCUT2D eigenvalue weighted by molar-refractivity contribution is -0.116. The smallest absolute Gasteiger partial charge is 0.130 e. The van der Waals surface area contributed by atoms with Crippen molar-refractivity contribution in [2.45, 2.75) is 19.8 Å². The van der Waals surface area contributed by atoms with Crippen LogP contribution in [-0.2, 0) is 11.2 Å². The first-order chi connectivity index (χ1) is 5.68. The van der Waals surface area contributed by atoms with Crippen molar-refractivity contribution in [1.82, 2.24) is 4.98 Å². The highest BCUT2D eigenvalue weighted by atomic mass is 35.5. The van der Waals surface area contributed by atoms with E-state index in [1.54, 1.807) is 13.0 Å². The molecule has 0 aliphatic heterocycles. The van der Waals surface area contributed by atoms with Crippen molar-refractivity contribution >= 4 is 17.4 Å². The number of halogens is 1. The SMILES string of the molecule is CC(=O)CCc1cccc(Cl)n1. The number of hydrogen-bond donors (Lipinski definition) is 0. The van der Waals surface area contributed by atoms with Crippen LogP contribution in [0.2, 0.25) is 5.15 Å². The summed E-state index contributed by atoms with van der Waals surface area (Å²) in [5.74, 6) is 0.178. The van der Waals surface area contributed by atoms with Crippen LogP contribution in [-0.4, -0.2) is 10.8 Å². The van der Waals surface area contributed by atoms with Gasteiger partial charge >= 0.3 is 0 Å². The molecule has 0 radical (unpaired) electrons. The third-order valence-corrected chi connectivity index (χ3v) is 1.72. The summed E-state index contributed by atoms with van der Waals surface area (Å²) in [6.45, 7) is 1.57. The van der Waals surface area contributed by atoms with E-state index in [4.69, 9.17) is 11.6 Å². The summed E-state index contributed by atoms with van der Waals surface area (Å²) in [6.07, 6.45) is 1.21. The van der Waals surface area contributed by atoms with Gasteiger partial charge in [0.05, 0.1) is 0 Å². The number of carbonyl (C=O) groups is 1. The molecule has 0 aromatic carbocycles. The summed E-state index contributed by atoms with van der Waals surface area (Å²) >= 11 is 5.66. The van der Waals surface area contributed by atoms with Gasteiger partial charge in [-0.3, -0.25) is 0 Å². The fraction of sp³-hybridized carbons (Fsp3) is 0.333. The molecule has 0 spiro atoms. The minimum atomic E-state index is 0.178. The third-order valence-electron chi connectivity index (χ3n) is 1.51. The first-order valence-corrected chi connectivity index (χ1v) is 4.17. The van der Waals surface area contributed by atoms with Crippen molar-refractivity contribution in [3.05, 3.63) is 29.0 Å². The molecule has 0 aliphatic carbocycles. The summed E-state index contributed by atoms with van der Waals surface area (Å²) in [4.78, 5) is 14.7. The molecule has 1 rings (SSSR count). The molecule has 0 saturated carbocycles. The topological polar surface area (TPSA) is 30.0 Å². The van der Waals surface area contributed by atoms with Gasteiger partial charge in [0.2, 0.25) is 0 Å². The van der Waals surface area contributed by atoms with E-state index < -0.39 is 0 Å². The normalized spacial score (nSPS) is 9.83. The number of Topliss-reactive ketones (excluding diaryl/α,β-unsaturated/α-hetero) is 1. The maximum absolute atomic E-state index is 10.6. The van der Waals surface area contributed by atoms with Crippen molar-refractivity contribution in [3.8, 4) is 0 Å². The minimum Gasteiger partial charge on any atom is -0.300 e. The molecule has 0 bridgehead atoms. The van der Waals surface area contributed by atoms with Crippen molar-refractivity contribution in [2.24, 2.45) is 0 Å². The van der Waals surface area contributed by atoms with E-state index >= 15 is 0 Å². The summed E-state index contributed by atoms with van der Waals surface area (Å²) < 4.78 is 0. The molecule has 0 aliphatic rings. The van der Waals surface area contributed by atoms with Gasteiger partial charge in [0.25, 0.3) is 0 Å². The molecule has 1 heterocycles. The number of rotatable bonds is 3. The Labute approximate surface area is 76.6 Å². The van der Waals surface area contributed by atoms with E-state index in [0.717, 1.165) is 5.69 Å². The molecule has 3 heteroatoms. The summed E-state index contributed by atoms with van der Waals surface area (Å²) in [5, 5.41) is 0.482. The maximum Gasteiger partial charge on any atom is 0.130 e. The molecule has 1 aromatic heterocycles. The Bertz CT molecular complexity index is 286. The molecular formula is C9H10ClNO. The Morgan fingerprint density at radius 1 is 1.58 bits per heavy atom. The number of aryl methyl sites for hydroxylation is 1. The minimum absolute atomic E-state index is 0.178. The van der Waals surface area contributed by atoms with Crippen molar-refractivity contribution in [1.29, 1.82) is 0 Å². The van der Waals surface area contributed by atoms with Crippen LogP contribution in [0.1, 0.15) is 19.0 Å². The predicted octanol–water partition coefficient (Wildman–Crippen LogP) is 2.26. The van der Waals surface area contributed by atoms with Crippen LogP contribution in [0.15, 0.2) is 18.2 Å². The highest BCUT2D eigenvalue weighted by Gasteiger charge is 1.97. The standard InChI is InChI=1S/C9H10ClNO/c1-7(12)5-6-8-3-2-4-9(10)11-8/h2-4H,5-6H2,1H3. The monoisotopic (exact) mass is 183 g/mol. The van der Waals surface area contributed by atoms with Crippen LogP contribution in [0.5, 0.6) is 0 Å². The molecule has 0 unspecified atom stereocenters. The predicted molar refractivity (Wildman–Crippen MR) is 48.2 cm³/mol. The number of hydrogen-bond acceptors (Lipinski definition) is 2. The molecule has 2 nitrogen and oxygen atoms in total. The molecular weight excluding hydrogens is 174 g/mol. The molecule has 0 amide bonds. The number of carbonyl (C=O) groups excluding carboxylic acids is 1. The van der Waals surface area contributed by atoms with Crippen molar-refractivity contribution < 1.29 is 4.79 Å². The van der Waals surface area contributed by atoms with Gasteiger partial charge in [-0.15, -0.1) is 0 Å². The fourth-order valence-electron chi connectivity index (χ4n) is 0.894. The molecule has 12 heavy (non-hydrogen) atoms. The molecule has 1 aromatic rings. The molecule has 0 atom stereocenters. The number of ketones is 1. The maximum atomic E-state index is 10.6. The number of nitrogens with zero attached hydrogens (tertiary/aromatic N) is 1. The van der Waals surface area contributed by atoms with Gasteiger partial charge in [0.15, 0.2) is 0 Å².